The number of rotatable bonds is 2. The summed E-state index contributed by atoms with van der Waals surface area (Å²) in [6.07, 6.45) is 2.79. The molecule has 0 aromatic carbocycles. The highest BCUT2D eigenvalue weighted by Gasteiger charge is 2.24. The van der Waals surface area contributed by atoms with Crippen molar-refractivity contribution in [2.24, 2.45) is 0 Å². The maximum absolute atomic E-state index is 11.2. The normalized spacial score (nSPS) is 30.5. The lowest BCUT2D eigenvalue weighted by Gasteiger charge is -2.30. The first-order valence-electron chi connectivity index (χ1n) is 4.95. The van der Waals surface area contributed by atoms with Gasteiger partial charge in [-0.15, -0.1) is 0 Å². The largest absolute Gasteiger partial charge is 0.378 e. The van der Waals surface area contributed by atoms with Crippen LogP contribution in [0.15, 0.2) is 0 Å². The van der Waals surface area contributed by atoms with Gasteiger partial charge in [-0.25, -0.2) is 0 Å². The van der Waals surface area contributed by atoms with Gasteiger partial charge in [0, 0.05) is 19.0 Å². The van der Waals surface area contributed by atoms with Crippen molar-refractivity contribution in [1.82, 2.24) is 10.6 Å². The molecule has 0 radical (unpaired) electrons. The number of nitrogens with one attached hydrogen (secondary N) is 2. The second kappa shape index (κ2) is 4.07. The Balaban J connectivity index is 1.78. The first kappa shape index (κ1) is 8.97. The molecule has 2 fully saturated rings. The Bertz CT molecular complexity index is 192. The number of hydrogen-bond donors (Lipinski definition) is 2. The Hall–Kier alpha value is -0.610. The van der Waals surface area contributed by atoms with E-state index >= 15 is 0 Å². The molecule has 2 aliphatic rings. The van der Waals surface area contributed by atoms with Gasteiger partial charge in [-0.1, -0.05) is 0 Å². The maximum Gasteiger partial charge on any atom is 0.221 e. The van der Waals surface area contributed by atoms with Crippen molar-refractivity contribution in [3.63, 3.8) is 0 Å². The van der Waals surface area contributed by atoms with E-state index < -0.39 is 0 Å². The minimum absolute atomic E-state index is 0.176. The third-order valence-corrected chi connectivity index (χ3v) is 2.59. The van der Waals surface area contributed by atoms with E-state index in [1.165, 1.54) is 0 Å². The standard InChI is InChI=1S/C9H16N2O2/c12-9-4-7(2-1-3-10-9)11-8-5-13-6-8/h7-8,11H,1-6H2,(H,10,12). The van der Waals surface area contributed by atoms with Crippen LogP contribution in [0.25, 0.3) is 0 Å². The van der Waals surface area contributed by atoms with Crippen molar-refractivity contribution in [1.29, 1.82) is 0 Å². The van der Waals surface area contributed by atoms with E-state index in [4.69, 9.17) is 4.74 Å². The highest BCUT2D eigenvalue weighted by atomic mass is 16.5. The summed E-state index contributed by atoms with van der Waals surface area (Å²) >= 11 is 0. The maximum atomic E-state index is 11.2. The van der Waals surface area contributed by atoms with Gasteiger partial charge in [0.1, 0.15) is 0 Å². The zero-order valence-corrected chi connectivity index (χ0v) is 7.71. The quantitative estimate of drug-likeness (QED) is 0.616. The average molecular weight is 184 g/mol. The SMILES string of the molecule is O=C1CC(NC2COC2)CCCN1. The fourth-order valence-corrected chi connectivity index (χ4v) is 1.78. The number of ether oxygens (including phenoxy) is 1. The summed E-state index contributed by atoms with van der Waals surface area (Å²) < 4.78 is 5.07. The lowest BCUT2D eigenvalue weighted by atomic mass is 10.1. The van der Waals surface area contributed by atoms with Crippen LogP contribution in [0.1, 0.15) is 19.3 Å². The molecule has 1 atom stereocenters. The zero-order valence-electron chi connectivity index (χ0n) is 7.71. The molecular formula is C9H16N2O2. The van der Waals surface area contributed by atoms with Crippen LogP contribution in [0.3, 0.4) is 0 Å². The molecule has 0 bridgehead atoms. The van der Waals surface area contributed by atoms with E-state index in [1.807, 2.05) is 0 Å². The summed E-state index contributed by atoms with van der Waals surface area (Å²) in [5.41, 5.74) is 0. The van der Waals surface area contributed by atoms with Gasteiger partial charge in [0.2, 0.25) is 5.91 Å². The molecule has 2 saturated heterocycles. The van der Waals surface area contributed by atoms with Crippen LogP contribution in [-0.4, -0.2) is 37.7 Å². The van der Waals surface area contributed by atoms with E-state index in [9.17, 15) is 4.79 Å². The van der Waals surface area contributed by atoms with Gasteiger partial charge in [-0.3, -0.25) is 4.79 Å². The molecule has 1 unspecified atom stereocenters. The van der Waals surface area contributed by atoms with Crippen LogP contribution < -0.4 is 10.6 Å². The van der Waals surface area contributed by atoms with Crippen LogP contribution in [-0.2, 0) is 9.53 Å². The molecule has 2 rings (SSSR count). The Labute approximate surface area is 78.0 Å². The van der Waals surface area contributed by atoms with E-state index in [0.29, 0.717) is 18.5 Å². The summed E-state index contributed by atoms with van der Waals surface area (Å²) in [5.74, 6) is 0.176. The first-order chi connectivity index (χ1) is 6.34. The third-order valence-electron chi connectivity index (χ3n) is 2.59. The van der Waals surface area contributed by atoms with Crippen LogP contribution in [0.2, 0.25) is 0 Å². The van der Waals surface area contributed by atoms with Gasteiger partial charge in [-0.2, -0.15) is 0 Å². The minimum Gasteiger partial charge on any atom is -0.378 e. The van der Waals surface area contributed by atoms with Crippen LogP contribution in [0, 0.1) is 0 Å². The summed E-state index contributed by atoms with van der Waals surface area (Å²) in [7, 11) is 0. The fourth-order valence-electron chi connectivity index (χ4n) is 1.78. The molecule has 0 saturated carbocycles. The summed E-state index contributed by atoms with van der Waals surface area (Å²) in [6.45, 7) is 2.44. The predicted octanol–water partition coefficient (Wildman–Crippen LogP) is -0.357. The van der Waals surface area contributed by atoms with Gasteiger partial charge < -0.3 is 15.4 Å². The van der Waals surface area contributed by atoms with E-state index in [2.05, 4.69) is 10.6 Å². The first-order valence-corrected chi connectivity index (χ1v) is 4.95. The Kier molecular flexibility index (Phi) is 2.80. The molecule has 0 aliphatic carbocycles. The zero-order chi connectivity index (χ0) is 9.10. The lowest BCUT2D eigenvalue weighted by Crippen LogP contribution is -2.50. The Morgan fingerprint density at radius 1 is 1.38 bits per heavy atom. The summed E-state index contributed by atoms with van der Waals surface area (Å²) in [5, 5.41) is 6.31. The molecule has 2 aliphatic heterocycles. The molecule has 1 amide bonds. The molecular weight excluding hydrogens is 168 g/mol. The predicted molar refractivity (Wildman–Crippen MR) is 48.4 cm³/mol. The molecule has 0 aromatic heterocycles. The Morgan fingerprint density at radius 2 is 2.23 bits per heavy atom. The summed E-state index contributed by atoms with van der Waals surface area (Å²) in [4.78, 5) is 11.2. The molecule has 4 heteroatoms. The molecule has 13 heavy (non-hydrogen) atoms. The van der Waals surface area contributed by atoms with Crippen molar-refractivity contribution < 1.29 is 9.53 Å². The highest BCUT2D eigenvalue weighted by Crippen LogP contribution is 2.09. The minimum atomic E-state index is 0.176. The van der Waals surface area contributed by atoms with Crippen molar-refractivity contribution in [2.45, 2.75) is 31.3 Å². The molecule has 2 N–H and O–H groups in total. The third kappa shape index (κ3) is 2.42. The van der Waals surface area contributed by atoms with Gasteiger partial charge in [0.15, 0.2) is 0 Å². The second-order valence-corrected chi connectivity index (χ2v) is 3.79. The van der Waals surface area contributed by atoms with E-state index in [-0.39, 0.29) is 5.91 Å². The van der Waals surface area contributed by atoms with Crippen molar-refractivity contribution >= 4 is 5.91 Å². The van der Waals surface area contributed by atoms with Crippen molar-refractivity contribution in [3.8, 4) is 0 Å². The average Bonchev–Trinajstić information content (AvgIpc) is 2.22. The van der Waals surface area contributed by atoms with Gasteiger partial charge in [0.05, 0.1) is 19.3 Å². The number of amides is 1. The topological polar surface area (TPSA) is 50.4 Å². The van der Waals surface area contributed by atoms with E-state index in [1.54, 1.807) is 0 Å². The van der Waals surface area contributed by atoms with Crippen LogP contribution >= 0.6 is 0 Å². The lowest BCUT2D eigenvalue weighted by molar-refractivity contribution is -0.121. The molecule has 2 heterocycles. The molecule has 4 nitrogen and oxygen atoms in total. The summed E-state index contributed by atoms with van der Waals surface area (Å²) in [6, 6.07) is 0.840. The van der Waals surface area contributed by atoms with Gasteiger partial charge in [-0.05, 0) is 12.8 Å². The molecule has 74 valence electrons. The van der Waals surface area contributed by atoms with Gasteiger partial charge in [0.25, 0.3) is 0 Å². The van der Waals surface area contributed by atoms with Crippen LogP contribution in [0.4, 0.5) is 0 Å². The fraction of sp³-hybridized carbons (Fsp3) is 0.889. The number of hydrogen-bond acceptors (Lipinski definition) is 3. The van der Waals surface area contributed by atoms with E-state index in [0.717, 1.165) is 32.6 Å². The number of carbonyl (C=O) groups is 1. The molecule has 0 spiro atoms. The van der Waals surface area contributed by atoms with Crippen LogP contribution in [0.5, 0.6) is 0 Å². The monoisotopic (exact) mass is 184 g/mol. The molecule has 0 aromatic rings. The second-order valence-electron chi connectivity index (χ2n) is 3.79. The Morgan fingerprint density at radius 3 is 2.92 bits per heavy atom. The number of carbonyl (C=O) groups excluding carboxylic acids is 1. The highest BCUT2D eigenvalue weighted by molar-refractivity contribution is 5.76. The van der Waals surface area contributed by atoms with Crippen molar-refractivity contribution in [2.75, 3.05) is 19.8 Å². The van der Waals surface area contributed by atoms with Crippen molar-refractivity contribution in [3.05, 3.63) is 0 Å². The van der Waals surface area contributed by atoms with Gasteiger partial charge >= 0.3 is 0 Å². The smallest absolute Gasteiger partial charge is 0.221 e.